The van der Waals surface area contributed by atoms with Crippen LogP contribution < -0.4 is 11.1 Å². The summed E-state index contributed by atoms with van der Waals surface area (Å²) in [4.78, 5) is 30.5. The molecule has 0 radical (unpaired) electrons. The highest BCUT2D eigenvalue weighted by Crippen LogP contribution is 2.37. The van der Waals surface area contributed by atoms with Crippen molar-refractivity contribution in [3.05, 3.63) is 71.1 Å². The summed E-state index contributed by atoms with van der Waals surface area (Å²) in [5.74, 6) is -0.660. The maximum atomic E-state index is 12.7. The van der Waals surface area contributed by atoms with Crippen LogP contribution in [0, 0.1) is 0 Å². The first-order chi connectivity index (χ1) is 14.1. The molecule has 1 aliphatic rings. The van der Waals surface area contributed by atoms with Gasteiger partial charge in [0.1, 0.15) is 0 Å². The number of pyridine rings is 1. The van der Waals surface area contributed by atoms with Gasteiger partial charge >= 0.3 is 0 Å². The summed E-state index contributed by atoms with van der Waals surface area (Å²) in [7, 11) is 0. The third-order valence-electron chi connectivity index (χ3n) is 5.02. The Kier molecular flexibility index (Phi) is 5.22. The molecule has 2 amide bonds. The first-order valence-corrected chi connectivity index (χ1v) is 9.62. The van der Waals surface area contributed by atoms with Gasteiger partial charge in [0, 0.05) is 31.2 Å². The third-order valence-corrected chi connectivity index (χ3v) is 5.38. The lowest BCUT2D eigenvalue weighted by molar-refractivity contribution is -0.130. The summed E-state index contributed by atoms with van der Waals surface area (Å²) < 4.78 is 2.00. The molecule has 0 atom stereocenters. The van der Waals surface area contributed by atoms with Crippen LogP contribution in [-0.4, -0.2) is 39.4 Å². The average molecular weight is 410 g/mol. The number of carbonyl (C=O) groups is 2. The zero-order valence-corrected chi connectivity index (χ0v) is 16.4. The van der Waals surface area contributed by atoms with E-state index in [-0.39, 0.29) is 24.6 Å². The van der Waals surface area contributed by atoms with Crippen LogP contribution in [0.4, 0.5) is 5.69 Å². The quantitative estimate of drug-likeness (QED) is 0.677. The summed E-state index contributed by atoms with van der Waals surface area (Å²) in [5, 5.41) is 3.43. The van der Waals surface area contributed by atoms with Gasteiger partial charge in [-0.25, -0.2) is 0 Å². The van der Waals surface area contributed by atoms with E-state index in [0.29, 0.717) is 23.8 Å². The van der Waals surface area contributed by atoms with Gasteiger partial charge in [0.25, 0.3) is 5.91 Å². The Morgan fingerprint density at radius 1 is 1.10 bits per heavy atom. The summed E-state index contributed by atoms with van der Waals surface area (Å²) in [6, 6.07) is 13.2. The number of hydrogen-bond donors (Lipinski definition) is 2. The number of nitrogens with two attached hydrogens (primary N) is 1. The van der Waals surface area contributed by atoms with Crippen LogP contribution in [0.15, 0.2) is 54.9 Å². The van der Waals surface area contributed by atoms with Crippen molar-refractivity contribution in [1.82, 2.24) is 14.5 Å². The monoisotopic (exact) mass is 409 g/mol. The number of anilines is 1. The Morgan fingerprint density at radius 2 is 1.83 bits per heavy atom. The van der Waals surface area contributed by atoms with Gasteiger partial charge in [0.05, 0.1) is 35.1 Å². The number of benzene rings is 1. The number of fused-ring (bicyclic) bond motifs is 1. The summed E-state index contributed by atoms with van der Waals surface area (Å²) in [6.07, 6.45) is 3.32. The van der Waals surface area contributed by atoms with Crippen molar-refractivity contribution in [1.29, 1.82) is 0 Å². The third kappa shape index (κ3) is 3.69. The van der Waals surface area contributed by atoms with Crippen molar-refractivity contribution in [3.8, 4) is 11.3 Å². The molecule has 2 aromatic heterocycles. The fourth-order valence-electron chi connectivity index (χ4n) is 3.63. The molecule has 1 aromatic carbocycles. The Bertz CT molecular complexity index is 1050. The largest absolute Gasteiger partial charge is 0.376 e. The second kappa shape index (κ2) is 7.97. The molecule has 4 rings (SSSR count). The van der Waals surface area contributed by atoms with Crippen molar-refractivity contribution >= 4 is 29.1 Å². The van der Waals surface area contributed by atoms with Gasteiger partial charge in [-0.05, 0) is 17.7 Å². The van der Waals surface area contributed by atoms with Crippen molar-refractivity contribution in [2.45, 2.75) is 13.1 Å². The van der Waals surface area contributed by atoms with Crippen LogP contribution in [-0.2, 0) is 17.9 Å². The van der Waals surface area contributed by atoms with E-state index < -0.39 is 5.91 Å². The SMILES string of the molecule is NC(=O)c1c(Cl)c(-c2ccccc2)n2c1CN(C(=O)CNc1ccncc1)CC2. The minimum absolute atomic E-state index is 0.0675. The number of nitrogens with one attached hydrogen (secondary N) is 1. The predicted octanol–water partition coefficient (Wildman–Crippen LogP) is 2.76. The van der Waals surface area contributed by atoms with Crippen molar-refractivity contribution in [2.24, 2.45) is 5.73 Å². The molecule has 8 heteroatoms. The lowest BCUT2D eigenvalue weighted by Gasteiger charge is -2.30. The number of halogens is 1. The smallest absolute Gasteiger partial charge is 0.252 e. The van der Waals surface area contributed by atoms with Crippen molar-refractivity contribution < 1.29 is 9.59 Å². The number of amides is 2. The molecule has 0 spiro atoms. The van der Waals surface area contributed by atoms with Crippen LogP contribution in [0.3, 0.4) is 0 Å². The number of nitrogens with zero attached hydrogens (tertiary/aromatic N) is 3. The van der Waals surface area contributed by atoms with Gasteiger partial charge in [0.15, 0.2) is 0 Å². The maximum Gasteiger partial charge on any atom is 0.252 e. The van der Waals surface area contributed by atoms with E-state index in [4.69, 9.17) is 17.3 Å². The molecule has 3 aromatic rings. The van der Waals surface area contributed by atoms with E-state index in [0.717, 1.165) is 16.9 Å². The standard InChI is InChI=1S/C21H20ClN5O2/c22-19-18(21(23)29)16-13-26(17(28)12-25-15-6-8-24-9-7-15)10-11-27(16)20(19)14-4-2-1-3-5-14/h1-9H,10-13H2,(H2,23,29)(H,24,25). The molecule has 0 aliphatic carbocycles. The van der Waals surface area contributed by atoms with Crippen molar-refractivity contribution in [3.63, 3.8) is 0 Å². The number of hydrogen-bond acceptors (Lipinski definition) is 4. The molecule has 0 unspecified atom stereocenters. The Balaban J connectivity index is 1.60. The molecule has 3 heterocycles. The molecule has 1 aliphatic heterocycles. The van der Waals surface area contributed by atoms with E-state index in [2.05, 4.69) is 10.3 Å². The van der Waals surface area contributed by atoms with Gasteiger partial charge in [-0.1, -0.05) is 41.9 Å². The fraction of sp³-hybridized carbons (Fsp3) is 0.190. The van der Waals surface area contributed by atoms with Gasteiger partial charge in [0.2, 0.25) is 5.91 Å². The van der Waals surface area contributed by atoms with E-state index in [9.17, 15) is 9.59 Å². The fourth-order valence-corrected chi connectivity index (χ4v) is 4.04. The van der Waals surface area contributed by atoms with E-state index in [1.165, 1.54) is 0 Å². The van der Waals surface area contributed by atoms with Crippen LogP contribution >= 0.6 is 11.6 Å². The molecule has 29 heavy (non-hydrogen) atoms. The predicted molar refractivity (Wildman–Crippen MR) is 112 cm³/mol. The number of rotatable bonds is 5. The van der Waals surface area contributed by atoms with Crippen molar-refractivity contribution in [2.75, 3.05) is 18.4 Å². The minimum atomic E-state index is -0.592. The molecule has 0 fully saturated rings. The zero-order chi connectivity index (χ0) is 20.4. The lowest BCUT2D eigenvalue weighted by atomic mass is 10.1. The van der Waals surface area contributed by atoms with Crippen LogP contribution in [0.25, 0.3) is 11.3 Å². The topological polar surface area (TPSA) is 93.3 Å². The molecule has 0 saturated heterocycles. The molecular formula is C21H20ClN5O2. The average Bonchev–Trinajstić information content (AvgIpc) is 3.04. The lowest BCUT2D eigenvalue weighted by Crippen LogP contribution is -2.41. The van der Waals surface area contributed by atoms with Gasteiger partial charge < -0.3 is 20.5 Å². The first kappa shape index (κ1) is 19.0. The number of carbonyl (C=O) groups excluding carboxylic acids is 2. The highest BCUT2D eigenvalue weighted by molar-refractivity contribution is 6.36. The normalized spacial score (nSPS) is 13.1. The molecular weight excluding hydrogens is 390 g/mol. The minimum Gasteiger partial charge on any atom is -0.376 e. The van der Waals surface area contributed by atoms with Gasteiger partial charge in [-0.15, -0.1) is 0 Å². The molecule has 3 N–H and O–H groups in total. The highest BCUT2D eigenvalue weighted by Gasteiger charge is 2.31. The maximum absolute atomic E-state index is 12.7. The van der Waals surface area contributed by atoms with E-state index in [1.54, 1.807) is 29.4 Å². The van der Waals surface area contributed by atoms with Crippen LogP contribution in [0.2, 0.25) is 5.02 Å². The molecule has 0 saturated carbocycles. The second-order valence-corrected chi connectivity index (χ2v) is 7.15. The van der Waals surface area contributed by atoms with Gasteiger partial charge in [-0.3, -0.25) is 14.6 Å². The zero-order valence-electron chi connectivity index (χ0n) is 15.6. The number of primary amides is 1. The molecule has 0 bridgehead atoms. The molecule has 7 nitrogen and oxygen atoms in total. The summed E-state index contributed by atoms with van der Waals surface area (Å²) in [5.41, 5.74) is 9.07. The van der Waals surface area contributed by atoms with E-state index in [1.807, 2.05) is 34.9 Å². The highest BCUT2D eigenvalue weighted by atomic mass is 35.5. The Morgan fingerprint density at radius 3 is 2.52 bits per heavy atom. The number of aromatic nitrogens is 2. The van der Waals surface area contributed by atoms with E-state index >= 15 is 0 Å². The summed E-state index contributed by atoms with van der Waals surface area (Å²) >= 11 is 6.57. The Labute approximate surface area is 173 Å². The molecule has 148 valence electrons. The summed E-state index contributed by atoms with van der Waals surface area (Å²) in [6.45, 7) is 1.48. The van der Waals surface area contributed by atoms with Crippen LogP contribution in [0.5, 0.6) is 0 Å². The first-order valence-electron chi connectivity index (χ1n) is 9.24. The van der Waals surface area contributed by atoms with Gasteiger partial charge in [-0.2, -0.15) is 0 Å². The Hall–Kier alpha value is -3.32. The second-order valence-electron chi connectivity index (χ2n) is 6.77. The van der Waals surface area contributed by atoms with Crippen LogP contribution in [0.1, 0.15) is 16.1 Å².